The molecule has 0 aliphatic rings. The molecule has 0 spiro atoms. The zero-order valence-corrected chi connectivity index (χ0v) is 20.2. The van der Waals surface area contributed by atoms with Gasteiger partial charge in [0.2, 0.25) is 5.91 Å². The first-order valence-corrected chi connectivity index (χ1v) is 10.1. The molecule has 7 nitrogen and oxygen atoms in total. The number of nitrogens with one attached hydrogen (secondary N) is 3. The monoisotopic (exact) mass is 571 g/mol. The van der Waals surface area contributed by atoms with Crippen LogP contribution >= 0.6 is 35.3 Å². The summed E-state index contributed by atoms with van der Waals surface area (Å²) in [5, 5.41) is 10.1. The fourth-order valence-corrected chi connectivity index (χ4v) is 3.14. The number of benzene rings is 1. The van der Waals surface area contributed by atoms with E-state index in [0.717, 1.165) is 28.0 Å². The Kier molecular flexibility index (Phi) is 11.6. The Hall–Kier alpha value is -2.09. The molecule has 0 unspecified atom stereocenters. The van der Waals surface area contributed by atoms with E-state index < -0.39 is 11.9 Å². The molecule has 0 saturated carbocycles. The van der Waals surface area contributed by atoms with Gasteiger partial charge >= 0.3 is 6.18 Å². The van der Waals surface area contributed by atoms with Gasteiger partial charge in [-0.3, -0.25) is 4.79 Å². The Morgan fingerprint density at radius 2 is 1.90 bits per heavy atom. The molecule has 0 atom stereocenters. The molecule has 0 aliphatic heterocycles. The summed E-state index contributed by atoms with van der Waals surface area (Å²) in [6.07, 6.45) is -4.12. The van der Waals surface area contributed by atoms with Gasteiger partial charge in [0.25, 0.3) is 0 Å². The Balaban J connectivity index is 0.00000480. The van der Waals surface area contributed by atoms with E-state index >= 15 is 0 Å². The van der Waals surface area contributed by atoms with E-state index in [1.807, 2.05) is 31.2 Å². The Morgan fingerprint density at radius 1 is 1.19 bits per heavy atom. The van der Waals surface area contributed by atoms with Crippen LogP contribution in [0.1, 0.15) is 23.2 Å². The van der Waals surface area contributed by atoms with Crippen LogP contribution in [0, 0.1) is 0 Å². The summed E-state index contributed by atoms with van der Waals surface area (Å²) < 4.78 is 42.9. The SMILES string of the molecule is CCNC(=NCC(=O)NCc1ccc(OC)cc1)NCCc1nc(C(F)(F)F)cs1.I. The minimum absolute atomic E-state index is 0. The Bertz CT molecular complexity index is 844. The number of ether oxygens (including phenoxy) is 1. The minimum Gasteiger partial charge on any atom is -0.497 e. The molecule has 1 heterocycles. The highest BCUT2D eigenvalue weighted by molar-refractivity contribution is 14.0. The number of carbonyl (C=O) groups is 1. The third-order valence-electron chi connectivity index (χ3n) is 3.85. The fraction of sp³-hybridized carbons (Fsp3) is 0.421. The second kappa shape index (κ2) is 13.3. The molecule has 2 aromatic rings. The molecule has 0 aliphatic carbocycles. The molecule has 2 rings (SSSR count). The van der Waals surface area contributed by atoms with Crippen LogP contribution in [-0.2, 0) is 23.9 Å². The molecule has 3 N–H and O–H groups in total. The molecular formula is C19H25F3IN5O2S. The molecule has 12 heteroatoms. The number of hydrogen-bond donors (Lipinski definition) is 3. The molecule has 31 heavy (non-hydrogen) atoms. The Labute approximate surface area is 199 Å². The quantitative estimate of drug-likeness (QED) is 0.245. The summed E-state index contributed by atoms with van der Waals surface area (Å²) in [6.45, 7) is 3.07. The molecule has 0 bridgehead atoms. The number of halogens is 4. The summed E-state index contributed by atoms with van der Waals surface area (Å²) in [7, 11) is 1.58. The van der Waals surface area contributed by atoms with E-state index in [4.69, 9.17) is 4.74 Å². The van der Waals surface area contributed by atoms with Crippen LogP contribution in [-0.4, -0.2) is 43.6 Å². The maximum absolute atomic E-state index is 12.6. The number of rotatable bonds is 9. The molecule has 172 valence electrons. The maximum atomic E-state index is 12.6. The van der Waals surface area contributed by atoms with Gasteiger partial charge in [-0.25, -0.2) is 9.98 Å². The molecule has 0 saturated heterocycles. The van der Waals surface area contributed by atoms with Crippen LogP contribution < -0.4 is 20.7 Å². The van der Waals surface area contributed by atoms with E-state index in [1.165, 1.54) is 0 Å². The average molecular weight is 571 g/mol. The van der Waals surface area contributed by atoms with Gasteiger partial charge in [-0.15, -0.1) is 35.3 Å². The predicted molar refractivity (Wildman–Crippen MR) is 125 cm³/mol. The summed E-state index contributed by atoms with van der Waals surface area (Å²) in [5.74, 6) is 0.894. The minimum atomic E-state index is -4.43. The van der Waals surface area contributed by atoms with Crippen molar-refractivity contribution in [1.29, 1.82) is 0 Å². The van der Waals surface area contributed by atoms with Crippen molar-refractivity contribution in [3.05, 3.63) is 45.9 Å². The highest BCUT2D eigenvalue weighted by Gasteiger charge is 2.33. The number of aromatic nitrogens is 1. The van der Waals surface area contributed by atoms with Crippen molar-refractivity contribution in [3.8, 4) is 5.75 Å². The van der Waals surface area contributed by atoms with Crippen LogP contribution in [0.4, 0.5) is 13.2 Å². The summed E-state index contributed by atoms with van der Waals surface area (Å²) in [4.78, 5) is 19.8. The van der Waals surface area contributed by atoms with Gasteiger partial charge in [-0.1, -0.05) is 12.1 Å². The number of nitrogens with zero attached hydrogens (tertiary/aromatic N) is 2. The van der Waals surface area contributed by atoms with Crippen molar-refractivity contribution in [2.75, 3.05) is 26.7 Å². The molecule has 1 amide bonds. The van der Waals surface area contributed by atoms with Gasteiger partial charge in [0, 0.05) is 31.4 Å². The van der Waals surface area contributed by atoms with Crippen molar-refractivity contribution in [2.45, 2.75) is 26.1 Å². The first kappa shape index (κ1) is 26.9. The predicted octanol–water partition coefficient (Wildman–Crippen LogP) is 3.20. The molecule has 0 fully saturated rings. The van der Waals surface area contributed by atoms with Gasteiger partial charge < -0.3 is 20.7 Å². The first-order chi connectivity index (χ1) is 14.3. The van der Waals surface area contributed by atoms with E-state index in [-0.39, 0.29) is 36.4 Å². The number of hydrogen-bond acceptors (Lipinski definition) is 5. The zero-order chi connectivity index (χ0) is 22.0. The smallest absolute Gasteiger partial charge is 0.434 e. The lowest BCUT2D eigenvalue weighted by molar-refractivity contribution is -0.140. The molecule has 1 aromatic carbocycles. The van der Waals surface area contributed by atoms with Crippen LogP contribution in [0.3, 0.4) is 0 Å². The van der Waals surface area contributed by atoms with E-state index in [2.05, 4.69) is 25.9 Å². The van der Waals surface area contributed by atoms with Crippen molar-refractivity contribution < 1.29 is 22.7 Å². The van der Waals surface area contributed by atoms with Gasteiger partial charge in [0.05, 0.1) is 12.1 Å². The highest BCUT2D eigenvalue weighted by atomic mass is 127. The second-order valence-corrected chi connectivity index (χ2v) is 7.06. The Morgan fingerprint density at radius 3 is 2.48 bits per heavy atom. The van der Waals surface area contributed by atoms with Crippen molar-refractivity contribution >= 4 is 47.2 Å². The number of thiazole rings is 1. The number of amides is 1. The normalized spacial score (nSPS) is 11.5. The zero-order valence-electron chi connectivity index (χ0n) is 17.1. The van der Waals surface area contributed by atoms with Crippen LogP contribution in [0.25, 0.3) is 0 Å². The average Bonchev–Trinajstić information content (AvgIpc) is 3.20. The highest BCUT2D eigenvalue weighted by Crippen LogP contribution is 2.29. The fourth-order valence-electron chi connectivity index (χ4n) is 2.34. The third-order valence-corrected chi connectivity index (χ3v) is 4.76. The van der Waals surface area contributed by atoms with E-state index in [1.54, 1.807) is 7.11 Å². The van der Waals surface area contributed by atoms with Gasteiger partial charge in [-0.2, -0.15) is 13.2 Å². The molecule has 1 aromatic heterocycles. The number of methoxy groups -OCH3 is 1. The summed E-state index contributed by atoms with van der Waals surface area (Å²) in [6, 6.07) is 7.34. The van der Waals surface area contributed by atoms with Gasteiger partial charge in [-0.05, 0) is 24.6 Å². The lowest BCUT2D eigenvalue weighted by Gasteiger charge is -2.11. The first-order valence-electron chi connectivity index (χ1n) is 9.25. The molecular weight excluding hydrogens is 546 g/mol. The number of carbonyl (C=O) groups excluding carboxylic acids is 1. The van der Waals surface area contributed by atoms with Crippen LogP contribution in [0.2, 0.25) is 0 Å². The topological polar surface area (TPSA) is 87.6 Å². The van der Waals surface area contributed by atoms with Gasteiger partial charge in [0.1, 0.15) is 12.3 Å². The van der Waals surface area contributed by atoms with E-state index in [9.17, 15) is 18.0 Å². The van der Waals surface area contributed by atoms with Crippen molar-refractivity contribution in [3.63, 3.8) is 0 Å². The lowest BCUT2D eigenvalue weighted by Crippen LogP contribution is -2.39. The third kappa shape index (κ3) is 9.72. The van der Waals surface area contributed by atoms with Crippen LogP contribution in [0.15, 0.2) is 34.6 Å². The maximum Gasteiger partial charge on any atom is 0.434 e. The summed E-state index contributed by atoms with van der Waals surface area (Å²) in [5.41, 5.74) is 0.0523. The number of aliphatic imine (C=N–C) groups is 1. The van der Waals surface area contributed by atoms with Crippen molar-refractivity contribution in [2.24, 2.45) is 4.99 Å². The number of alkyl halides is 3. The summed E-state index contributed by atoms with van der Waals surface area (Å²) >= 11 is 0.963. The largest absolute Gasteiger partial charge is 0.497 e. The lowest BCUT2D eigenvalue weighted by atomic mass is 10.2. The second-order valence-electron chi connectivity index (χ2n) is 6.12. The van der Waals surface area contributed by atoms with Gasteiger partial charge in [0.15, 0.2) is 11.7 Å². The van der Waals surface area contributed by atoms with E-state index in [0.29, 0.717) is 37.0 Å². The van der Waals surface area contributed by atoms with Crippen molar-refractivity contribution in [1.82, 2.24) is 20.9 Å². The number of guanidine groups is 1. The van der Waals surface area contributed by atoms with Crippen LogP contribution in [0.5, 0.6) is 5.75 Å². The standard InChI is InChI=1S/C19H24F3N5O2S.HI/c1-3-23-18(24-9-8-17-27-15(12-30-17)19(20,21)22)26-11-16(28)25-10-13-4-6-14(29-2)7-5-13;/h4-7,12H,3,8-11H2,1-2H3,(H,25,28)(H2,23,24,26);1H. The molecule has 0 radical (unpaired) electrons.